The van der Waals surface area contributed by atoms with E-state index in [1.54, 1.807) is 31.2 Å². The van der Waals surface area contributed by atoms with Gasteiger partial charge in [0.1, 0.15) is 30.1 Å². The van der Waals surface area contributed by atoms with Gasteiger partial charge in [-0.25, -0.2) is 27.6 Å². The Morgan fingerprint density at radius 1 is 1.06 bits per heavy atom. The lowest BCUT2D eigenvalue weighted by Gasteiger charge is -2.40. The first-order valence-corrected chi connectivity index (χ1v) is 18.1. The third kappa shape index (κ3) is 11.1. The zero-order valence-corrected chi connectivity index (χ0v) is 30.8. The Morgan fingerprint density at radius 3 is 2.48 bits per heavy atom. The summed E-state index contributed by atoms with van der Waals surface area (Å²) in [4.78, 5) is 34.1. The molecule has 1 unspecified atom stereocenters. The van der Waals surface area contributed by atoms with Gasteiger partial charge in [-0.15, -0.1) is 11.8 Å². The van der Waals surface area contributed by atoms with E-state index in [4.69, 9.17) is 28.9 Å². The molecule has 13 nitrogen and oxygen atoms in total. The number of benzene rings is 2. The van der Waals surface area contributed by atoms with Crippen LogP contribution in [0.3, 0.4) is 0 Å². The topological polar surface area (TPSA) is 141 Å². The van der Waals surface area contributed by atoms with Crippen LogP contribution >= 0.6 is 11.8 Å². The first kappa shape index (κ1) is 40.5. The van der Waals surface area contributed by atoms with Crippen LogP contribution in [-0.4, -0.2) is 113 Å². The third-order valence-corrected chi connectivity index (χ3v) is 10.2. The van der Waals surface area contributed by atoms with Gasteiger partial charge < -0.3 is 28.6 Å². The normalized spacial score (nSPS) is 20.6. The van der Waals surface area contributed by atoms with Crippen LogP contribution in [0.4, 0.5) is 18.0 Å². The SMILES string of the molecule is CC(OC(=O)CN1CCN(C)CC1)OC(=O)O[C@@](Cn1cncn1)(c1ccc(F)cc1F)[C@@H](C)SC1COC(/C=C/C=C/c2ccc(C#N)cc2F)OC1. The van der Waals surface area contributed by atoms with E-state index in [1.165, 1.54) is 54.2 Å². The molecule has 1 aromatic heterocycles. The number of halogens is 3. The van der Waals surface area contributed by atoms with Crippen LogP contribution in [0, 0.1) is 28.8 Å². The van der Waals surface area contributed by atoms with Crippen molar-refractivity contribution in [2.45, 2.75) is 49.1 Å². The summed E-state index contributed by atoms with van der Waals surface area (Å²) in [6.07, 6.45) is 5.74. The van der Waals surface area contributed by atoms with Gasteiger partial charge in [0.15, 0.2) is 11.9 Å². The summed E-state index contributed by atoms with van der Waals surface area (Å²) in [6, 6.07) is 9.00. The number of nitrogens with zero attached hydrogens (tertiary/aromatic N) is 6. The fraction of sp³-hybridized carbons (Fsp3) is 0.432. The molecule has 0 bridgehead atoms. The number of aromatic nitrogens is 3. The minimum absolute atomic E-state index is 0.0127. The van der Waals surface area contributed by atoms with E-state index < -0.39 is 53.0 Å². The molecule has 3 atom stereocenters. The van der Waals surface area contributed by atoms with Gasteiger partial charge in [0.05, 0.1) is 43.2 Å². The van der Waals surface area contributed by atoms with E-state index in [0.29, 0.717) is 24.7 Å². The summed E-state index contributed by atoms with van der Waals surface area (Å²) in [5.41, 5.74) is -1.48. The molecule has 2 fully saturated rings. The van der Waals surface area contributed by atoms with E-state index in [1.807, 2.05) is 18.0 Å². The number of thioether (sulfide) groups is 1. The molecule has 54 heavy (non-hydrogen) atoms. The van der Waals surface area contributed by atoms with Gasteiger partial charge in [0, 0.05) is 55.5 Å². The number of piperazine rings is 1. The highest BCUT2D eigenvalue weighted by Gasteiger charge is 2.47. The van der Waals surface area contributed by atoms with Crippen molar-refractivity contribution in [3.8, 4) is 6.07 Å². The average Bonchev–Trinajstić information content (AvgIpc) is 3.64. The molecule has 0 amide bonds. The highest BCUT2D eigenvalue weighted by molar-refractivity contribution is 8.00. The number of ether oxygens (including phenoxy) is 5. The van der Waals surface area contributed by atoms with Crippen LogP contribution in [0.15, 0.2) is 67.3 Å². The Bertz CT molecular complexity index is 1830. The Hall–Kier alpha value is -4.73. The van der Waals surface area contributed by atoms with Gasteiger partial charge >= 0.3 is 12.1 Å². The summed E-state index contributed by atoms with van der Waals surface area (Å²) in [5.74, 6) is -2.92. The van der Waals surface area contributed by atoms with Crippen molar-refractivity contribution >= 4 is 30.0 Å². The molecule has 2 aromatic carbocycles. The van der Waals surface area contributed by atoms with Crippen LogP contribution in [0.25, 0.3) is 6.08 Å². The van der Waals surface area contributed by atoms with Crippen molar-refractivity contribution in [3.63, 3.8) is 0 Å². The van der Waals surface area contributed by atoms with Crippen molar-refractivity contribution in [1.82, 2.24) is 24.6 Å². The zero-order chi connectivity index (χ0) is 38.7. The first-order valence-electron chi connectivity index (χ1n) is 17.1. The van der Waals surface area contributed by atoms with Gasteiger partial charge in [-0.05, 0) is 44.3 Å². The fourth-order valence-corrected chi connectivity index (χ4v) is 7.23. The molecule has 2 saturated heterocycles. The predicted molar refractivity (Wildman–Crippen MR) is 191 cm³/mol. The van der Waals surface area contributed by atoms with E-state index in [9.17, 15) is 18.4 Å². The van der Waals surface area contributed by atoms with Crippen molar-refractivity contribution < 1.29 is 46.4 Å². The number of hydrogen-bond acceptors (Lipinski definition) is 13. The second-order valence-electron chi connectivity index (χ2n) is 12.7. The number of carbonyl (C=O) groups is 2. The van der Waals surface area contributed by atoms with Gasteiger partial charge in [0.2, 0.25) is 6.29 Å². The van der Waals surface area contributed by atoms with Crippen LogP contribution in [0.1, 0.15) is 30.5 Å². The predicted octanol–water partition coefficient (Wildman–Crippen LogP) is 4.89. The summed E-state index contributed by atoms with van der Waals surface area (Å²) in [7, 11) is 2.00. The lowest BCUT2D eigenvalue weighted by molar-refractivity contribution is -0.173. The number of carbonyl (C=O) groups excluding carboxylic acids is 2. The van der Waals surface area contributed by atoms with Crippen LogP contribution in [0.2, 0.25) is 0 Å². The highest BCUT2D eigenvalue weighted by Crippen LogP contribution is 2.42. The van der Waals surface area contributed by atoms with Crippen molar-refractivity contribution in [2.75, 3.05) is 53.0 Å². The quantitative estimate of drug-likeness (QED) is 0.125. The van der Waals surface area contributed by atoms with Gasteiger partial charge in [-0.2, -0.15) is 10.4 Å². The molecule has 3 aromatic rings. The molecule has 0 aliphatic carbocycles. The maximum atomic E-state index is 15.7. The van der Waals surface area contributed by atoms with Gasteiger partial charge in [-0.1, -0.05) is 24.3 Å². The maximum absolute atomic E-state index is 15.7. The number of nitriles is 1. The molecule has 2 aliphatic rings. The molecule has 288 valence electrons. The monoisotopic (exact) mass is 770 g/mol. The highest BCUT2D eigenvalue weighted by atomic mass is 32.2. The van der Waals surface area contributed by atoms with Crippen molar-refractivity contribution in [1.29, 1.82) is 5.26 Å². The summed E-state index contributed by atoms with van der Waals surface area (Å²) >= 11 is 1.28. The fourth-order valence-electron chi connectivity index (χ4n) is 5.87. The van der Waals surface area contributed by atoms with E-state index in [-0.39, 0.29) is 42.7 Å². The third-order valence-electron chi connectivity index (χ3n) is 8.75. The molecule has 17 heteroatoms. The average molecular weight is 771 g/mol. The molecular weight excluding hydrogens is 730 g/mol. The Kier molecular flexibility index (Phi) is 14.3. The van der Waals surface area contributed by atoms with Crippen molar-refractivity contribution in [3.05, 3.63) is 101 Å². The van der Waals surface area contributed by atoms with Gasteiger partial charge in [0.25, 0.3) is 0 Å². The Morgan fingerprint density at radius 2 is 1.81 bits per heavy atom. The van der Waals surface area contributed by atoms with E-state index >= 15 is 4.39 Å². The molecular formula is C37H41F3N6O7S. The summed E-state index contributed by atoms with van der Waals surface area (Å²) in [5, 5.41) is 12.0. The second kappa shape index (κ2) is 19.0. The molecule has 0 N–H and O–H groups in total. The first-order chi connectivity index (χ1) is 25.9. The van der Waals surface area contributed by atoms with Crippen LogP contribution in [-0.2, 0) is 40.6 Å². The van der Waals surface area contributed by atoms with Gasteiger partial charge in [-0.3, -0.25) is 9.69 Å². The summed E-state index contributed by atoms with van der Waals surface area (Å²) in [6.45, 7) is 6.18. The lowest BCUT2D eigenvalue weighted by atomic mass is 9.89. The molecule has 2 aliphatic heterocycles. The minimum Gasteiger partial charge on any atom is -0.424 e. The summed E-state index contributed by atoms with van der Waals surface area (Å²) < 4.78 is 73.9. The van der Waals surface area contributed by atoms with E-state index in [0.717, 1.165) is 25.2 Å². The molecule has 0 spiro atoms. The maximum Gasteiger partial charge on any atom is 0.512 e. The minimum atomic E-state index is -1.86. The number of rotatable bonds is 14. The zero-order valence-electron chi connectivity index (χ0n) is 30.0. The van der Waals surface area contributed by atoms with Crippen LogP contribution in [0.5, 0.6) is 0 Å². The number of hydrogen-bond donors (Lipinski definition) is 0. The smallest absolute Gasteiger partial charge is 0.424 e. The standard InChI is InChI=1S/C37H41F3N6O7S/c1-25(54-30-20-49-35(50-21-30)7-5-4-6-28-9-8-27(18-41)16-32(28)39)37(22-46-24-42-23-43-46,31-11-10-29(38)17-33(31)40)53-36(48)52-26(2)51-34(47)19-45-14-12-44(3)13-15-45/h4-11,16-17,23-26,30,35H,12-15,19-22H2,1-3H3/b6-4+,7-5+/t25-,26?,30?,35?,37-/m1/s1. The Labute approximate surface area is 315 Å². The molecule has 0 radical (unpaired) electrons. The Balaban J connectivity index is 1.26. The number of likely N-dealkylation sites (N-methyl/N-ethyl adjacent to an activating group) is 1. The van der Waals surface area contributed by atoms with Crippen molar-refractivity contribution in [2.24, 2.45) is 0 Å². The lowest BCUT2D eigenvalue weighted by Crippen LogP contribution is -2.48. The van der Waals surface area contributed by atoms with E-state index in [2.05, 4.69) is 15.0 Å². The number of esters is 1. The molecule has 5 rings (SSSR count). The second-order valence-corrected chi connectivity index (χ2v) is 14.4. The van der Waals surface area contributed by atoms with Crippen LogP contribution < -0.4 is 0 Å². The number of allylic oxidation sites excluding steroid dienone is 2. The molecule has 3 heterocycles. The molecule has 0 saturated carbocycles. The largest absolute Gasteiger partial charge is 0.512 e.